The Morgan fingerprint density at radius 1 is 1.35 bits per heavy atom. The van der Waals surface area contributed by atoms with Crippen LogP contribution in [0.2, 0.25) is 0 Å². The highest BCUT2D eigenvalue weighted by Crippen LogP contribution is 2.25. The Morgan fingerprint density at radius 2 is 2.04 bits per heavy atom. The number of pyridine rings is 1. The van der Waals surface area contributed by atoms with E-state index in [2.05, 4.69) is 15.4 Å². The second-order valence-corrected chi connectivity index (χ2v) is 7.31. The zero-order valence-electron chi connectivity index (χ0n) is 15.7. The highest BCUT2D eigenvalue weighted by molar-refractivity contribution is 5.89. The van der Waals surface area contributed by atoms with Gasteiger partial charge in [0.15, 0.2) is 5.82 Å². The lowest BCUT2D eigenvalue weighted by molar-refractivity contribution is -0.141. The summed E-state index contributed by atoms with van der Waals surface area (Å²) in [4.78, 5) is 29.1. The fourth-order valence-corrected chi connectivity index (χ4v) is 2.27. The number of amides is 2. The van der Waals surface area contributed by atoms with E-state index in [0.717, 1.165) is 5.69 Å². The standard InChI is InChI=1S/C18H25N5O3/c1-12(16(24)25)11-22(5)17(26)20-15-10-13(18(2,3)4)21-23(15)14-8-6-7-9-19-14/h6-10,12H,11H2,1-5H3,(H,20,26)(H,24,25). The fraction of sp³-hybridized carbons (Fsp3) is 0.444. The average molecular weight is 359 g/mol. The molecule has 26 heavy (non-hydrogen) atoms. The van der Waals surface area contributed by atoms with Crippen LogP contribution in [0.1, 0.15) is 33.4 Å². The van der Waals surface area contributed by atoms with Crippen molar-refractivity contribution in [1.29, 1.82) is 0 Å². The van der Waals surface area contributed by atoms with E-state index < -0.39 is 17.9 Å². The van der Waals surface area contributed by atoms with E-state index in [9.17, 15) is 9.59 Å². The molecule has 0 aliphatic heterocycles. The van der Waals surface area contributed by atoms with Crippen molar-refractivity contribution in [3.8, 4) is 5.82 Å². The number of carbonyl (C=O) groups excluding carboxylic acids is 1. The first-order valence-electron chi connectivity index (χ1n) is 8.36. The third-order valence-corrected chi connectivity index (χ3v) is 3.90. The molecule has 8 nitrogen and oxygen atoms in total. The Hall–Kier alpha value is -2.90. The molecular formula is C18H25N5O3. The largest absolute Gasteiger partial charge is 0.481 e. The van der Waals surface area contributed by atoms with Crippen LogP contribution in [0.25, 0.3) is 5.82 Å². The van der Waals surface area contributed by atoms with Crippen molar-refractivity contribution in [1.82, 2.24) is 19.7 Å². The summed E-state index contributed by atoms with van der Waals surface area (Å²) in [6.07, 6.45) is 1.65. The van der Waals surface area contributed by atoms with Crippen LogP contribution < -0.4 is 5.32 Å². The van der Waals surface area contributed by atoms with Gasteiger partial charge >= 0.3 is 12.0 Å². The number of hydrogen-bond acceptors (Lipinski definition) is 4. The molecule has 2 N–H and O–H groups in total. The van der Waals surface area contributed by atoms with E-state index in [4.69, 9.17) is 5.11 Å². The molecule has 0 saturated heterocycles. The molecule has 2 aromatic rings. The minimum atomic E-state index is -0.946. The number of aliphatic carboxylic acids is 1. The third-order valence-electron chi connectivity index (χ3n) is 3.90. The van der Waals surface area contributed by atoms with Crippen molar-refractivity contribution in [2.75, 3.05) is 18.9 Å². The SMILES string of the molecule is CC(CN(C)C(=O)Nc1cc(C(C)(C)C)nn1-c1ccccn1)C(=O)O. The van der Waals surface area contributed by atoms with Crippen LogP contribution >= 0.6 is 0 Å². The Kier molecular flexibility index (Phi) is 5.64. The maximum Gasteiger partial charge on any atom is 0.322 e. The maximum atomic E-state index is 12.5. The number of anilines is 1. The molecule has 0 saturated carbocycles. The highest BCUT2D eigenvalue weighted by Gasteiger charge is 2.23. The summed E-state index contributed by atoms with van der Waals surface area (Å²) in [5.41, 5.74) is 0.600. The van der Waals surface area contributed by atoms with Gasteiger partial charge in [-0.2, -0.15) is 9.78 Å². The normalized spacial score (nSPS) is 12.5. The van der Waals surface area contributed by atoms with Crippen molar-refractivity contribution in [3.05, 3.63) is 36.2 Å². The van der Waals surface area contributed by atoms with Gasteiger partial charge in [-0.05, 0) is 12.1 Å². The van der Waals surface area contributed by atoms with Crippen molar-refractivity contribution >= 4 is 17.8 Å². The Balaban J connectivity index is 2.29. The summed E-state index contributed by atoms with van der Waals surface area (Å²) in [6.45, 7) is 7.76. The van der Waals surface area contributed by atoms with Crippen molar-refractivity contribution < 1.29 is 14.7 Å². The van der Waals surface area contributed by atoms with Gasteiger partial charge in [0.25, 0.3) is 0 Å². The Labute approximate surface area is 152 Å². The number of hydrogen-bond donors (Lipinski definition) is 2. The molecule has 2 heterocycles. The molecular weight excluding hydrogens is 334 g/mol. The molecule has 1 atom stereocenters. The lowest BCUT2D eigenvalue weighted by atomic mass is 9.92. The fourth-order valence-electron chi connectivity index (χ4n) is 2.27. The molecule has 0 aromatic carbocycles. The Morgan fingerprint density at radius 3 is 2.58 bits per heavy atom. The summed E-state index contributed by atoms with van der Waals surface area (Å²) in [7, 11) is 1.56. The molecule has 0 fully saturated rings. The molecule has 2 amide bonds. The summed E-state index contributed by atoms with van der Waals surface area (Å²) in [5, 5.41) is 16.4. The van der Waals surface area contributed by atoms with Gasteiger partial charge < -0.3 is 10.0 Å². The predicted molar refractivity (Wildman–Crippen MR) is 98.5 cm³/mol. The minimum Gasteiger partial charge on any atom is -0.481 e. The maximum absolute atomic E-state index is 12.5. The number of aromatic nitrogens is 3. The van der Waals surface area contributed by atoms with Crippen molar-refractivity contribution in [3.63, 3.8) is 0 Å². The van der Waals surface area contributed by atoms with E-state index in [1.165, 1.54) is 4.90 Å². The molecule has 1 unspecified atom stereocenters. The zero-order valence-corrected chi connectivity index (χ0v) is 15.7. The van der Waals surface area contributed by atoms with Crippen LogP contribution in [0.4, 0.5) is 10.6 Å². The van der Waals surface area contributed by atoms with Gasteiger partial charge in [0.2, 0.25) is 0 Å². The van der Waals surface area contributed by atoms with Gasteiger partial charge in [-0.15, -0.1) is 0 Å². The molecule has 140 valence electrons. The summed E-state index contributed by atoms with van der Waals surface area (Å²) < 4.78 is 1.58. The lowest BCUT2D eigenvalue weighted by Gasteiger charge is -2.20. The van der Waals surface area contributed by atoms with E-state index in [1.54, 1.807) is 43.0 Å². The van der Waals surface area contributed by atoms with Gasteiger partial charge in [-0.1, -0.05) is 33.8 Å². The summed E-state index contributed by atoms with van der Waals surface area (Å²) in [6, 6.07) is 6.84. The number of carbonyl (C=O) groups is 2. The third kappa shape index (κ3) is 4.59. The molecule has 0 bridgehead atoms. The van der Waals surface area contributed by atoms with Crippen LogP contribution in [0.3, 0.4) is 0 Å². The molecule has 2 aromatic heterocycles. The van der Waals surface area contributed by atoms with Gasteiger partial charge in [0.1, 0.15) is 5.82 Å². The highest BCUT2D eigenvalue weighted by atomic mass is 16.4. The Bertz CT molecular complexity index is 780. The monoisotopic (exact) mass is 359 g/mol. The first kappa shape index (κ1) is 19.4. The number of nitrogens with one attached hydrogen (secondary N) is 1. The van der Waals surface area contributed by atoms with Crippen molar-refractivity contribution in [2.45, 2.75) is 33.1 Å². The minimum absolute atomic E-state index is 0.102. The second kappa shape index (κ2) is 7.55. The van der Waals surface area contributed by atoms with Gasteiger partial charge in [-0.3, -0.25) is 10.1 Å². The zero-order chi connectivity index (χ0) is 19.5. The molecule has 2 rings (SSSR count). The number of rotatable bonds is 5. The van der Waals surface area contributed by atoms with Gasteiger partial charge in [-0.25, -0.2) is 9.78 Å². The number of urea groups is 1. The second-order valence-electron chi connectivity index (χ2n) is 7.31. The number of carboxylic acids is 1. The van der Waals surface area contributed by atoms with Gasteiger partial charge in [0, 0.05) is 31.3 Å². The molecule has 0 aliphatic rings. The van der Waals surface area contributed by atoms with E-state index in [0.29, 0.717) is 11.6 Å². The molecule has 0 spiro atoms. The summed E-state index contributed by atoms with van der Waals surface area (Å²) >= 11 is 0. The topological polar surface area (TPSA) is 100 Å². The molecule has 8 heteroatoms. The van der Waals surface area contributed by atoms with Gasteiger partial charge in [0.05, 0.1) is 11.6 Å². The number of nitrogens with zero attached hydrogens (tertiary/aromatic N) is 4. The van der Waals surface area contributed by atoms with Crippen LogP contribution in [0, 0.1) is 5.92 Å². The average Bonchev–Trinajstić information content (AvgIpc) is 2.99. The van der Waals surface area contributed by atoms with E-state index in [-0.39, 0.29) is 12.0 Å². The van der Waals surface area contributed by atoms with E-state index in [1.807, 2.05) is 26.8 Å². The van der Waals surface area contributed by atoms with Crippen LogP contribution in [-0.4, -0.2) is 50.4 Å². The quantitative estimate of drug-likeness (QED) is 0.855. The molecule has 0 radical (unpaired) electrons. The van der Waals surface area contributed by atoms with Crippen LogP contribution in [0.15, 0.2) is 30.5 Å². The van der Waals surface area contributed by atoms with E-state index >= 15 is 0 Å². The first-order chi connectivity index (χ1) is 12.1. The van der Waals surface area contributed by atoms with Crippen molar-refractivity contribution in [2.24, 2.45) is 5.92 Å². The molecule has 0 aliphatic carbocycles. The first-order valence-corrected chi connectivity index (χ1v) is 8.36. The van der Waals surface area contributed by atoms with Crippen LogP contribution in [0.5, 0.6) is 0 Å². The van der Waals surface area contributed by atoms with Crippen LogP contribution in [-0.2, 0) is 10.2 Å². The smallest absolute Gasteiger partial charge is 0.322 e. The summed E-state index contributed by atoms with van der Waals surface area (Å²) in [5.74, 6) is -0.539. The predicted octanol–water partition coefficient (Wildman–Crippen LogP) is 2.75. The lowest BCUT2D eigenvalue weighted by Crippen LogP contribution is -2.37. The number of carboxylic acid groups (broad SMARTS) is 1.